The largest absolute Gasteiger partial charge is 0.472 e. The van der Waals surface area contributed by atoms with Crippen molar-refractivity contribution < 1.29 is 9.52 Å². The van der Waals surface area contributed by atoms with Gasteiger partial charge in [0.2, 0.25) is 0 Å². The number of furan rings is 1. The second-order valence-electron chi connectivity index (χ2n) is 3.88. The summed E-state index contributed by atoms with van der Waals surface area (Å²) in [4.78, 5) is 0. The van der Waals surface area contributed by atoms with E-state index in [1.807, 2.05) is 30.7 Å². The fourth-order valence-electron chi connectivity index (χ4n) is 1.82. The van der Waals surface area contributed by atoms with Gasteiger partial charge in [0, 0.05) is 13.0 Å². The van der Waals surface area contributed by atoms with Crippen LogP contribution in [-0.4, -0.2) is 14.9 Å². The fourth-order valence-corrected chi connectivity index (χ4v) is 1.82. The molecule has 0 spiro atoms. The number of aliphatic hydroxyl groups excluding tert-OH is 1. The molecule has 1 N–H and O–H groups in total. The third kappa shape index (κ3) is 2.17. The van der Waals surface area contributed by atoms with Gasteiger partial charge >= 0.3 is 0 Å². The van der Waals surface area contributed by atoms with Crippen LogP contribution in [0, 0.1) is 6.92 Å². The van der Waals surface area contributed by atoms with Crippen molar-refractivity contribution in [2.24, 2.45) is 0 Å². The molecule has 0 saturated heterocycles. The van der Waals surface area contributed by atoms with E-state index >= 15 is 0 Å². The standard InChI is InChI=1S/C12H16N2O2/c1-3-14-11(6-9(2)13-14)12(15)7-10-4-5-16-8-10/h4-6,8,12,15H,3,7H2,1-2H3. The summed E-state index contributed by atoms with van der Waals surface area (Å²) in [5, 5.41) is 14.4. The zero-order valence-electron chi connectivity index (χ0n) is 9.55. The highest BCUT2D eigenvalue weighted by molar-refractivity contribution is 5.16. The summed E-state index contributed by atoms with van der Waals surface area (Å²) in [6.45, 7) is 4.71. The molecule has 0 aliphatic rings. The van der Waals surface area contributed by atoms with Crippen molar-refractivity contribution in [3.8, 4) is 0 Å². The molecule has 0 aliphatic carbocycles. The summed E-state index contributed by atoms with van der Waals surface area (Å²) in [7, 11) is 0. The predicted octanol–water partition coefficient (Wildman–Crippen LogP) is 2.08. The van der Waals surface area contributed by atoms with Crippen molar-refractivity contribution in [2.45, 2.75) is 32.9 Å². The van der Waals surface area contributed by atoms with E-state index in [4.69, 9.17) is 4.42 Å². The van der Waals surface area contributed by atoms with Gasteiger partial charge in [0.25, 0.3) is 0 Å². The summed E-state index contributed by atoms with van der Waals surface area (Å²) in [6, 6.07) is 3.79. The van der Waals surface area contributed by atoms with E-state index in [1.54, 1.807) is 12.5 Å². The summed E-state index contributed by atoms with van der Waals surface area (Å²) >= 11 is 0. The Labute approximate surface area is 94.5 Å². The molecule has 4 nitrogen and oxygen atoms in total. The lowest BCUT2D eigenvalue weighted by molar-refractivity contribution is 0.167. The molecule has 4 heteroatoms. The van der Waals surface area contributed by atoms with Crippen molar-refractivity contribution in [2.75, 3.05) is 0 Å². The highest BCUT2D eigenvalue weighted by Crippen LogP contribution is 2.19. The molecule has 0 bridgehead atoms. The molecule has 2 aromatic rings. The number of rotatable bonds is 4. The highest BCUT2D eigenvalue weighted by atomic mass is 16.3. The number of aryl methyl sites for hydroxylation is 2. The summed E-state index contributed by atoms with van der Waals surface area (Å²) < 4.78 is 6.81. The van der Waals surface area contributed by atoms with Crippen LogP contribution in [0.25, 0.3) is 0 Å². The Kier molecular flexibility index (Phi) is 3.10. The van der Waals surface area contributed by atoms with Crippen molar-refractivity contribution in [1.82, 2.24) is 9.78 Å². The lowest BCUT2D eigenvalue weighted by atomic mass is 10.1. The molecule has 16 heavy (non-hydrogen) atoms. The van der Waals surface area contributed by atoms with Gasteiger partial charge < -0.3 is 9.52 Å². The average molecular weight is 220 g/mol. The number of aliphatic hydroxyl groups is 1. The summed E-state index contributed by atoms with van der Waals surface area (Å²) in [5.41, 5.74) is 2.79. The second kappa shape index (κ2) is 4.53. The first-order valence-electron chi connectivity index (χ1n) is 5.44. The molecular formula is C12H16N2O2. The van der Waals surface area contributed by atoms with Crippen LogP contribution in [-0.2, 0) is 13.0 Å². The highest BCUT2D eigenvalue weighted by Gasteiger charge is 2.15. The second-order valence-corrected chi connectivity index (χ2v) is 3.88. The average Bonchev–Trinajstić information content (AvgIpc) is 2.86. The number of aromatic nitrogens is 2. The van der Waals surface area contributed by atoms with E-state index in [1.165, 1.54) is 0 Å². The third-order valence-corrected chi connectivity index (χ3v) is 2.58. The Morgan fingerprint density at radius 2 is 2.38 bits per heavy atom. The van der Waals surface area contributed by atoms with Gasteiger partial charge in [-0.05, 0) is 31.5 Å². The first-order valence-corrected chi connectivity index (χ1v) is 5.44. The molecule has 0 radical (unpaired) electrons. The van der Waals surface area contributed by atoms with Gasteiger partial charge in [-0.15, -0.1) is 0 Å². The Bertz CT molecular complexity index is 446. The van der Waals surface area contributed by atoms with Gasteiger partial charge in [0.1, 0.15) is 0 Å². The van der Waals surface area contributed by atoms with Crippen LogP contribution in [0.4, 0.5) is 0 Å². The summed E-state index contributed by atoms with van der Waals surface area (Å²) in [5.74, 6) is 0. The molecule has 0 fully saturated rings. The minimum atomic E-state index is -0.529. The SMILES string of the molecule is CCn1nc(C)cc1C(O)Cc1ccoc1. The molecular weight excluding hydrogens is 204 g/mol. The lowest BCUT2D eigenvalue weighted by Crippen LogP contribution is -2.09. The molecule has 0 aromatic carbocycles. The Morgan fingerprint density at radius 3 is 3.00 bits per heavy atom. The van der Waals surface area contributed by atoms with Crippen LogP contribution >= 0.6 is 0 Å². The van der Waals surface area contributed by atoms with Crippen LogP contribution in [0.1, 0.15) is 30.0 Å². The van der Waals surface area contributed by atoms with E-state index in [2.05, 4.69) is 5.10 Å². The van der Waals surface area contributed by atoms with E-state index in [0.717, 1.165) is 23.5 Å². The fraction of sp³-hybridized carbons (Fsp3) is 0.417. The zero-order chi connectivity index (χ0) is 11.5. The minimum absolute atomic E-state index is 0.529. The van der Waals surface area contributed by atoms with Crippen molar-refractivity contribution >= 4 is 0 Å². The molecule has 2 rings (SSSR count). The van der Waals surface area contributed by atoms with Crippen molar-refractivity contribution in [1.29, 1.82) is 0 Å². The normalized spacial score (nSPS) is 12.9. The summed E-state index contributed by atoms with van der Waals surface area (Å²) in [6.07, 6.45) is 3.30. The van der Waals surface area contributed by atoms with Crippen molar-refractivity contribution in [3.05, 3.63) is 41.6 Å². The molecule has 1 unspecified atom stereocenters. The van der Waals surface area contributed by atoms with Gasteiger partial charge in [-0.3, -0.25) is 4.68 Å². The molecule has 0 aliphatic heterocycles. The van der Waals surface area contributed by atoms with Gasteiger partial charge in [0.15, 0.2) is 0 Å². The monoisotopic (exact) mass is 220 g/mol. The number of hydrogen-bond acceptors (Lipinski definition) is 3. The maximum absolute atomic E-state index is 10.1. The minimum Gasteiger partial charge on any atom is -0.472 e. The van der Waals surface area contributed by atoms with E-state index in [0.29, 0.717) is 6.42 Å². The Morgan fingerprint density at radius 1 is 1.56 bits per heavy atom. The van der Waals surface area contributed by atoms with E-state index in [9.17, 15) is 5.11 Å². The lowest BCUT2D eigenvalue weighted by Gasteiger charge is -2.10. The molecule has 0 saturated carbocycles. The van der Waals surface area contributed by atoms with E-state index in [-0.39, 0.29) is 0 Å². The first-order chi connectivity index (χ1) is 7.70. The van der Waals surface area contributed by atoms with Crippen LogP contribution < -0.4 is 0 Å². The zero-order valence-corrected chi connectivity index (χ0v) is 9.55. The first kappa shape index (κ1) is 11.0. The van der Waals surface area contributed by atoms with Crippen molar-refractivity contribution in [3.63, 3.8) is 0 Å². The molecule has 2 heterocycles. The van der Waals surface area contributed by atoms with E-state index < -0.39 is 6.10 Å². The molecule has 0 amide bonds. The third-order valence-electron chi connectivity index (χ3n) is 2.58. The number of hydrogen-bond donors (Lipinski definition) is 1. The molecule has 86 valence electrons. The van der Waals surface area contributed by atoms with Crippen LogP contribution in [0.3, 0.4) is 0 Å². The Balaban J connectivity index is 2.16. The van der Waals surface area contributed by atoms with Crippen LogP contribution in [0.5, 0.6) is 0 Å². The van der Waals surface area contributed by atoms with Gasteiger partial charge in [0.05, 0.1) is 30.0 Å². The predicted molar refractivity (Wildman–Crippen MR) is 60.0 cm³/mol. The van der Waals surface area contributed by atoms with Gasteiger partial charge in [-0.1, -0.05) is 0 Å². The molecule has 1 atom stereocenters. The Hall–Kier alpha value is -1.55. The van der Waals surface area contributed by atoms with Crippen LogP contribution in [0.15, 0.2) is 29.1 Å². The van der Waals surface area contributed by atoms with Gasteiger partial charge in [-0.25, -0.2) is 0 Å². The maximum Gasteiger partial charge on any atom is 0.0998 e. The van der Waals surface area contributed by atoms with Crippen LogP contribution in [0.2, 0.25) is 0 Å². The topological polar surface area (TPSA) is 51.2 Å². The molecule has 2 aromatic heterocycles. The van der Waals surface area contributed by atoms with Gasteiger partial charge in [-0.2, -0.15) is 5.10 Å². The quantitative estimate of drug-likeness (QED) is 0.858. The smallest absolute Gasteiger partial charge is 0.0998 e. The number of nitrogens with zero attached hydrogens (tertiary/aromatic N) is 2. The maximum atomic E-state index is 10.1.